The Morgan fingerprint density at radius 2 is 2.25 bits per heavy atom. The molecule has 1 heterocycles. The van der Waals surface area contributed by atoms with Crippen LogP contribution in [0.2, 0.25) is 5.02 Å². The van der Waals surface area contributed by atoms with E-state index in [4.69, 9.17) is 16.3 Å². The molecule has 0 spiro atoms. The van der Waals surface area contributed by atoms with Crippen LogP contribution in [0.3, 0.4) is 0 Å². The highest BCUT2D eigenvalue weighted by molar-refractivity contribution is 6.30. The Labute approximate surface area is 124 Å². The first-order chi connectivity index (χ1) is 9.49. The summed E-state index contributed by atoms with van der Waals surface area (Å²) in [6.07, 6.45) is 0.749. The van der Waals surface area contributed by atoms with E-state index in [0.717, 1.165) is 24.3 Å². The molecule has 0 radical (unpaired) electrons. The number of nitrogens with zero attached hydrogens (tertiary/aromatic N) is 1. The van der Waals surface area contributed by atoms with E-state index in [0.29, 0.717) is 24.0 Å². The number of carboxylic acid groups (broad SMARTS) is 1. The van der Waals surface area contributed by atoms with Gasteiger partial charge in [-0.05, 0) is 30.5 Å². The molecule has 1 aliphatic rings. The second-order valence-corrected chi connectivity index (χ2v) is 5.96. The van der Waals surface area contributed by atoms with Crippen LogP contribution in [0.15, 0.2) is 18.2 Å². The average molecular weight is 298 g/mol. The number of carbonyl (C=O) groups is 1. The second-order valence-electron chi connectivity index (χ2n) is 5.53. The summed E-state index contributed by atoms with van der Waals surface area (Å²) in [7, 11) is 1.63. The van der Waals surface area contributed by atoms with Gasteiger partial charge in [-0.15, -0.1) is 0 Å². The fraction of sp³-hybridized carbons (Fsp3) is 0.533. The van der Waals surface area contributed by atoms with Crippen molar-refractivity contribution >= 4 is 17.6 Å². The number of benzene rings is 1. The predicted octanol–water partition coefficient (Wildman–Crippen LogP) is 2.89. The summed E-state index contributed by atoms with van der Waals surface area (Å²) in [5.41, 5.74) is 0.998. The van der Waals surface area contributed by atoms with Gasteiger partial charge in [-0.25, -0.2) is 0 Å². The number of halogens is 1. The van der Waals surface area contributed by atoms with Gasteiger partial charge in [0.1, 0.15) is 5.75 Å². The standard InChI is InChI=1S/C15H20ClNO3/c1-10-5-12(15(18)19)9-17(7-10)8-11-6-13(16)3-4-14(11)20-2/h3-4,6,10,12H,5,7-9H2,1-2H3,(H,18,19). The van der Waals surface area contributed by atoms with Crippen LogP contribution in [0.5, 0.6) is 5.75 Å². The molecule has 5 heteroatoms. The van der Waals surface area contributed by atoms with Crippen molar-refractivity contribution in [3.63, 3.8) is 0 Å². The van der Waals surface area contributed by atoms with Crippen LogP contribution in [-0.4, -0.2) is 36.2 Å². The number of methoxy groups -OCH3 is 1. The molecule has 1 saturated heterocycles. The van der Waals surface area contributed by atoms with E-state index in [1.165, 1.54) is 0 Å². The summed E-state index contributed by atoms with van der Waals surface area (Å²) < 4.78 is 5.34. The van der Waals surface area contributed by atoms with Gasteiger partial charge in [-0.2, -0.15) is 0 Å². The summed E-state index contributed by atoms with van der Waals surface area (Å²) in [5.74, 6) is 0.179. The maximum atomic E-state index is 11.2. The number of hydrogen-bond donors (Lipinski definition) is 1. The lowest BCUT2D eigenvalue weighted by molar-refractivity contribution is -0.144. The number of aliphatic carboxylic acids is 1. The molecule has 0 aliphatic carbocycles. The third-order valence-electron chi connectivity index (χ3n) is 3.72. The second kappa shape index (κ2) is 6.46. The van der Waals surface area contributed by atoms with Crippen LogP contribution in [0.4, 0.5) is 0 Å². The Morgan fingerprint density at radius 3 is 2.90 bits per heavy atom. The van der Waals surface area contributed by atoms with E-state index in [1.807, 2.05) is 12.1 Å². The SMILES string of the molecule is COc1ccc(Cl)cc1CN1CC(C)CC(C(=O)O)C1. The number of hydrogen-bond acceptors (Lipinski definition) is 3. The molecule has 110 valence electrons. The molecule has 0 saturated carbocycles. The van der Waals surface area contributed by atoms with Crippen LogP contribution < -0.4 is 4.74 Å². The molecule has 1 N–H and O–H groups in total. The van der Waals surface area contributed by atoms with Gasteiger partial charge in [-0.1, -0.05) is 18.5 Å². The normalized spacial score (nSPS) is 23.6. The zero-order valence-corrected chi connectivity index (χ0v) is 12.6. The number of piperidine rings is 1. The maximum Gasteiger partial charge on any atom is 0.307 e. The number of rotatable bonds is 4. The lowest BCUT2D eigenvalue weighted by atomic mass is 9.90. The molecule has 20 heavy (non-hydrogen) atoms. The van der Waals surface area contributed by atoms with Crippen molar-refractivity contribution in [2.24, 2.45) is 11.8 Å². The summed E-state index contributed by atoms with van der Waals surface area (Å²) in [6, 6.07) is 5.53. The van der Waals surface area contributed by atoms with Gasteiger partial charge < -0.3 is 9.84 Å². The van der Waals surface area contributed by atoms with Crippen molar-refractivity contribution in [2.45, 2.75) is 19.9 Å². The topological polar surface area (TPSA) is 49.8 Å². The first kappa shape index (κ1) is 15.1. The minimum absolute atomic E-state index is 0.288. The Kier molecular flexibility index (Phi) is 4.89. The quantitative estimate of drug-likeness (QED) is 0.928. The molecule has 4 nitrogen and oxygen atoms in total. The fourth-order valence-electron chi connectivity index (χ4n) is 2.88. The molecule has 2 unspecified atom stereocenters. The monoisotopic (exact) mass is 297 g/mol. The molecular weight excluding hydrogens is 278 g/mol. The Morgan fingerprint density at radius 1 is 1.50 bits per heavy atom. The molecule has 1 fully saturated rings. The van der Waals surface area contributed by atoms with Crippen LogP contribution in [0, 0.1) is 11.8 Å². The van der Waals surface area contributed by atoms with Crippen molar-refractivity contribution in [1.82, 2.24) is 4.90 Å². The van der Waals surface area contributed by atoms with Gasteiger partial charge in [0.2, 0.25) is 0 Å². The van der Waals surface area contributed by atoms with E-state index < -0.39 is 5.97 Å². The predicted molar refractivity (Wildman–Crippen MR) is 78.2 cm³/mol. The highest BCUT2D eigenvalue weighted by Gasteiger charge is 2.29. The minimum Gasteiger partial charge on any atom is -0.496 e. The third-order valence-corrected chi connectivity index (χ3v) is 3.96. The summed E-state index contributed by atoms with van der Waals surface area (Å²) >= 11 is 6.03. The third kappa shape index (κ3) is 3.64. The van der Waals surface area contributed by atoms with Crippen molar-refractivity contribution < 1.29 is 14.6 Å². The van der Waals surface area contributed by atoms with Gasteiger partial charge in [0, 0.05) is 30.2 Å². The lowest BCUT2D eigenvalue weighted by Crippen LogP contribution is -2.42. The van der Waals surface area contributed by atoms with E-state index >= 15 is 0 Å². The Balaban J connectivity index is 2.12. The van der Waals surface area contributed by atoms with Crippen molar-refractivity contribution in [1.29, 1.82) is 0 Å². The molecule has 1 aromatic rings. The van der Waals surface area contributed by atoms with E-state index in [2.05, 4.69) is 11.8 Å². The molecule has 1 aliphatic heterocycles. The van der Waals surface area contributed by atoms with Gasteiger partial charge in [0.25, 0.3) is 0 Å². The lowest BCUT2D eigenvalue weighted by Gasteiger charge is -2.34. The summed E-state index contributed by atoms with van der Waals surface area (Å²) in [6.45, 7) is 4.24. The fourth-order valence-corrected chi connectivity index (χ4v) is 3.08. The van der Waals surface area contributed by atoms with E-state index in [-0.39, 0.29) is 5.92 Å². The van der Waals surface area contributed by atoms with Crippen molar-refractivity contribution in [2.75, 3.05) is 20.2 Å². The van der Waals surface area contributed by atoms with Gasteiger partial charge >= 0.3 is 5.97 Å². The molecule has 0 amide bonds. The molecule has 2 atom stereocenters. The highest BCUT2D eigenvalue weighted by atomic mass is 35.5. The van der Waals surface area contributed by atoms with Crippen LogP contribution in [-0.2, 0) is 11.3 Å². The van der Waals surface area contributed by atoms with Crippen molar-refractivity contribution in [3.05, 3.63) is 28.8 Å². The van der Waals surface area contributed by atoms with Gasteiger partial charge in [-0.3, -0.25) is 9.69 Å². The summed E-state index contributed by atoms with van der Waals surface area (Å²) in [5, 5.41) is 9.88. The minimum atomic E-state index is -0.709. The van der Waals surface area contributed by atoms with Crippen LogP contribution in [0.25, 0.3) is 0 Å². The molecule has 0 aromatic heterocycles. The van der Waals surface area contributed by atoms with Crippen LogP contribution in [0.1, 0.15) is 18.9 Å². The first-order valence-electron chi connectivity index (χ1n) is 6.77. The molecule has 2 rings (SSSR count). The molecule has 1 aromatic carbocycles. The van der Waals surface area contributed by atoms with Gasteiger partial charge in [0.15, 0.2) is 0 Å². The first-order valence-corrected chi connectivity index (χ1v) is 7.15. The Bertz CT molecular complexity index is 492. The van der Waals surface area contributed by atoms with Gasteiger partial charge in [0.05, 0.1) is 13.0 Å². The van der Waals surface area contributed by atoms with E-state index in [1.54, 1.807) is 13.2 Å². The summed E-state index contributed by atoms with van der Waals surface area (Å²) in [4.78, 5) is 13.4. The molecule has 0 bridgehead atoms. The zero-order chi connectivity index (χ0) is 14.7. The maximum absolute atomic E-state index is 11.2. The zero-order valence-electron chi connectivity index (χ0n) is 11.8. The van der Waals surface area contributed by atoms with Crippen molar-refractivity contribution in [3.8, 4) is 5.75 Å². The number of carboxylic acids is 1. The number of ether oxygens (including phenoxy) is 1. The highest BCUT2D eigenvalue weighted by Crippen LogP contribution is 2.28. The average Bonchev–Trinajstić information content (AvgIpc) is 2.38. The number of likely N-dealkylation sites (tertiary alicyclic amines) is 1. The largest absolute Gasteiger partial charge is 0.496 e. The van der Waals surface area contributed by atoms with Crippen LogP contribution >= 0.6 is 11.6 Å². The van der Waals surface area contributed by atoms with E-state index in [9.17, 15) is 9.90 Å². The molecular formula is C15H20ClNO3. The Hall–Kier alpha value is -1.26. The smallest absolute Gasteiger partial charge is 0.307 e.